The molecule has 0 aliphatic heterocycles. The summed E-state index contributed by atoms with van der Waals surface area (Å²) in [5.41, 5.74) is 2.78. The Balaban J connectivity index is 1.54. The highest BCUT2D eigenvalue weighted by atomic mass is 32.2. The third-order valence-electron chi connectivity index (χ3n) is 6.50. The second-order valence-corrected chi connectivity index (χ2v) is 12.1. The summed E-state index contributed by atoms with van der Waals surface area (Å²) in [7, 11) is -2.15. The first kappa shape index (κ1) is 26.1. The van der Waals surface area contributed by atoms with Gasteiger partial charge in [0.25, 0.3) is 11.8 Å². The maximum atomic E-state index is 13.2. The summed E-state index contributed by atoms with van der Waals surface area (Å²) >= 11 is 1.45. The van der Waals surface area contributed by atoms with Crippen LogP contribution in [-0.4, -0.2) is 38.1 Å². The maximum Gasteiger partial charge on any atom is 0.256 e. The van der Waals surface area contributed by atoms with Crippen LogP contribution in [0.1, 0.15) is 57.0 Å². The van der Waals surface area contributed by atoms with Crippen molar-refractivity contribution >= 4 is 38.2 Å². The zero-order valence-electron chi connectivity index (χ0n) is 20.7. The number of hydrogen-bond donors (Lipinski definition) is 2. The third-order valence-corrected chi connectivity index (χ3v) is 9.61. The molecule has 1 aliphatic carbocycles. The van der Waals surface area contributed by atoms with Gasteiger partial charge in [-0.2, -0.15) is 4.31 Å². The quantitative estimate of drug-likeness (QED) is 0.446. The van der Waals surface area contributed by atoms with Crippen molar-refractivity contribution in [2.45, 2.75) is 44.6 Å². The largest absolute Gasteiger partial charge is 0.355 e. The average molecular weight is 526 g/mol. The van der Waals surface area contributed by atoms with E-state index < -0.39 is 10.0 Å². The Morgan fingerprint density at radius 3 is 2.39 bits per heavy atom. The highest BCUT2D eigenvalue weighted by molar-refractivity contribution is 7.89. The monoisotopic (exact) mass is 525 g/mol. The van der Waals surface area contributed by atoms with Gasteiger partial charge in [0.2, 0.25) is 10.0 Å². The highest BCUT2D eigenvalue weighted by Gasteiger charge is 2.28. The zero-order valence-corrected chi connectivity index (χ0v) is 22.3. The highest BCUT2D eigenvalue weighted by Crippen LogP contribution is 2.39. The molecule has 36 heavy (non-hydrogen) atoms. The van der Waals surface area contributed by atoms with Gasteiger partial charge in [-0.3, -0.25) is 9.59 Å². The number of sulfonamides is 1. The van der Waals surface area contributed by atoms with Gasteiger partial charge in [-0.15, -0.1) is 11.3 Å². The molecule has 0 saturated carbocycles. The number of benzene rings is 2. The van der Waals surface area contributed by atoms with Gasteiger partial charge < -0.3 is 10.6 Å². The summed E-state index contributed by atoms with van der Waals surface area (Å²) in [6, 6.07) is 15.4. The predicted molar refractivity (Wildman–Crippen MR) is 143 cm³/mol. The van der Waals surface area contributed by atoms with Crippen molar-refractivity contribution < 1.29 is 18.0 Å². The first-order valence-corrected chi connectivity index (χ1v) is 14.3. The minimum Gasteiger partial charge on any atom is -0.355 e. The first-order chi connectivity index (χ1) is 17.2. The number of fused-ring (bicyclic) bond motifs is 1. The van der Waals surface area contributed by atoms with Crippen LogP contribution in [-0.2, 0) is 29.4 Å². The lowest BCUT2D eigenvalue weighted by atomic mass is 9.88. The molecule has 9 heteroatoms. The van der Waals surface area contributed by atoms with Crippen LogP contribution in [0.5, 0.6) is 0 Å². The molecule has 0 saturated heterocycles. The van der Waals surface area contributed by atoms with E-state index >= 15 is 0 Å². The van der Waals surface area contributed by atoms with Crippen LogP contribution in [0, 0.1) is 5.92 Å². The SMILES string of the molecule is CCN(Cc1ccccc1)S(=O)(=O)c1ccc(C(=O)Nc2sc3c(c2C(=O)NC)CC[C@@H](C)C3)cc1. The number of nitrogens with zero attached hydrogens (tertiary/aromatic N) is 1. The van der Waals surface area contributed by atoms with E-state index in [0.717, 1.165) is 35.3 Å². The lowest BCUT2D eigenvalue weighted by Crippen LogP contribution is -2.30. The molecule has 0 fully saturated rings. The topological polar surface area (TPSA) is 95.6 Å². The Bertz CT molecular complexity index is 1350. The van der Waals surface area contributed by atoms with Crippen molar-refractivity contribution in [2.24, 2.45) is 5.92 Å². The van der Waals surface area contributed by atoms with Crippen molar-refractivity contribution in [1.82, 2.24) is 9.62 Å². The van der Waals surface area contributed by atoms with Gasteiger partial charge in [-0.05, 0) is 60.6 Å². The second-order valence-electron chi connectivity index (χ2n) is 9.03. The molecule has 2 amide bonds. The number of thiophene rings is 1. The molecule has 2 N–H and O–H groups in total. The van der Waals surface area contributed by atoms with E-state index in [0.29, 0.717) is 28.6 Å². The Morgan fingerprint density at radius 2 is 1.75 bits per heavy atom. The molecule has 1 aliphatic rings. The first-order valence-electron chi connectivity index (χ1n) is 12.1. The molecule has 0 spiro atoms. The number of anilines is 1. The Kier molecular flexibility index (Phi) is 7.92. The number of amides is 2. The Labute approximate surface area is 216 Å². The van der Waals surface area contributed by atoms with E-state index in [1.807, 2.05) is 30.3 Å². The van der Waals surface area contributed by atoms with E-state index in [4.69, 9.17) is 0 Å². The molecule has 0 bridgehead atoms. The molecule has 4 rings (SSSR count). The van der Waals surface area contributed by atoms with Gasteiger partial charge in [0.1, 0.15) is 5.00 Å². The van der Waals surface area contributed by atoms with Crippen molar-refractivity contribution in [1.29, 1.82) is 0 Å². The molecule has 3 aromatic rings. The minimum atomic E-state index is -3.73. The van der Waals surface area contributed by atoms with Crippen molar-refractivity contribution in [3.05, 3.63) is 81.7 Å². The number of carbonyl (C=O) groups is 2. The molecule has 0 radical (unpaired) electrons. The van der Waals surface area contributed by atoms with Gasteiger partial charge in [-0.1, -0.05) is 44.2 Å². The molecule has 1 aromatic heterocycles. The molecule has 0 unspecified atom stereocenters. The molecule has 190 valence electrons. The molecule has 1 heterocycles. The van der Waals surface area contributed by atoms with E-state index in [-0.39, 0.29) is 23.3 Å². The van der Waals surface area contributed by atoms with E-state index in [9.17, 15) is 18.0 Å². The molecular formula is C27H31N3O4S2. The number of nitrogens with one attached hydrogen (secondary N) is 2. The van der Waals surface area contributed by atoms with Gasteiger partial charge in [0.15, 0.2) is 0 Å². The van der Waals surface area contributed by atoms with Crippen LogP contribution in [0.4, 0.5) is 5.00 Å². The molecule has 7 nitrogen and oxygen atoms in total. The fourth-order valence-corrected chi connectivity index (χ4v) is 7.30. The maximum absolute atomic E-state index is 13.2. The second kappa shape index (κ2) is 10.9. The third kappa shape index (κ3) is 5.38. The summed E-state index contributed by atoms with van der Waals surface area (Å²) in [5, 5.41) is 6.12. The van der Waals surface area contributed by atoms with Crippen molar-refractivity contribution in [3.63, 3.8) is 0 Å². The smallest absolute Gasteiger partial charge is 0.256 e. The van der Waals surface area contributed by atoms with Crippen molar-refractivity contribution in [3.8, 4) is 0 Å². The lowest BCUT2D eigenvalue weighted by Gasteiger charge is -2.20. The average Bonchev–Trinajstić information content (AvgIpc) is 3.23. The fourth-order valence-electron chi connectivity index (χ4n) is 4.46. The van der Waals surface area contributed by atoms with Crippen LogP contribution < -0.4 is 10.6 Å². The number of carbonyl (C=O) groups excluding carboxylic acids is 2. The fraction of sp³-hybridized carbons (Fsp3) is 0.333. The van der Waals surface area contributed by atoms with E-state index in [1.54, 1.807) is 14.0 Å². The van der Waals surface area contributed by atoms with Crippen molar-refractivity contribution in [2.75, 3.05) is 18.9 Å². The van der Waals surface area contributed by atoms with Gasteiger partial charge in [0, 0.05) is 30.6 Å². The van der Waals surface area contributed by atoms with Crippen LogP contribution in [0.15, 0.2) is 59.5 Å². The Hall–Kier alpha value is -3.01. The molecule has 1 atom stereocenters. The summed E-state index contributed by atoms with van der Waals surface area (Å²) in [4.78, 5) is 26.9. The lowest BCUT2D eigenvalue weighted by molar-refractivity contribution is 0.0963. The summed E-state index contributed by atoms with van der Waals surface area (Å²) in [5.74, 6) is -0.0550. The van der Waals surface area contributed by atoms with Gasteiger partial charge in [0.05, 0.1) is 10.5 Å². The molecular weight excluding hydrogens is 494 g/mol. The summed E-state index contributed by atoms with van der Waals surface area (Å²) < 4.78 is 27.8. The van der Waals surface area contributed by atoms with Crippen LogP contribution in [0.2, 0.25) is 0 Å². The molecule has 2 aromatic carbocycles. The predicted octanol–water partition coefficient (Wildman–Crippen LogP) is 4.70. The summed E-state index contributed by atoms with van der Waals surface area (Å²) in [6.07, 6.45) is 2.72. The number of hydrogen-bond acceptors (Lipinski definition) is 5. The minimum absolute atomic E-state index is 0.128. The van der Waals surface area contributed by atoms with Gasteiger partial charge >= 0.3 is 0 Å². The standard InChI is InChI=1S/C27H31N3O4S2/c1-4-30(17-19-8-6-5-7-9-19)36(33,34)21-13-11-20(12-14-21)25(31)29-27-24(26(32)28-3)22-15-10-18(2)16-23(22)35-27/h5-9,11-14,18H,4,10,15-17H2,1-3H3,(H,28,32)(H,29,31)/t18-/m1/s1. The van der Waals surface area contributed by atoms with E-state index in [2.05, 4.69) is 17.6 Å². The van der Waals surface area contributed by atoms with E-state index in [1.165, 1.54) is 39.9 Å². The number of rotatable bonds is 8. The van der Waals surface area contributed by atoms with Crippen LogP contribution in [0.3, 0.4) is 0 Å². The normalized spacial score (nSPS) is 15.4. The van der Waals surface area contributed by atoms with Gasteiger partial charge in [-0.25, -0.2) is 8.42 Å². The summed E-state index contributed by atoms with van der Waals surface area (Å²) in [6.45, 7) is 4.58. The Morgan fingerprint density at radius 1 is 1.06 bits per heavy atom. The zero-order chi connectivity index (χ0) is 25.9. The van der Waals surface area contributed by atoms with Crippen LogP contribution in [0.25, 0.3) is 0 Å². The van der Waals surface area contributed by atoms with Crippen LogP contribution >= 0.6 is 11.3 Å².